The zero-order valence-electron chi connectivity index (χ0n) is 6.67. The van der Waals surface area contributed by atoms with Crippen LogP contribution in [0.3, 0.4) is 0 Å². The lowest BCUT2D eigenvalue weighted by Crippen LogP contribution is -2.24. The van der Waals surface area contributed by atoms with E-state index in [-0.39, 0.29) is 12.3 Å². The SMILES string of the molecule is NCCS(=O)(=O)COCC(F)(F)F. The van der Waals surface area contributed by atoms with E-state index in [4.69, 9.17) is 5.73 Å². The van der Waals surface area contributed by atoms with E-state index in [0.717, 1.165) is 0 Å². The normalized spacial score (nSPS) is 13.2. The molecule has 0 rings (SSSR count). The third-order valence-corrected chi connectivity index (χ3v) is 2.34. The highest BCUT2D eigenvalue weighted by Gasteiger charge is 2.28. The first kappa shape index (κ1) is 12.7. The van der Waals surface area contributed by atoms with Gasteiger partial charge in [0.05, 0.1) is 5.75 Å². The maximum atomic E-state index is 11.5. The lowest BCUT2D eigenvalue weighted by atomic mass is 10.7. The first-order chi connectivity index (χ1) is 5.77. The van der Waals surface area contributed by atoms with Crippen molar-refractivity contribution in [3.8, 4) is 0 Å². The molecule has 0 aromatic carbocycles. The fourth-order valence-corrected chi connectivity index (χ4v) is 1.34. The van der Waals surface area contributed by atoms with Crippen LogP contribution in [0.15, 0.2) is 0 Å². The fourth-order valence-electron chi connectivity index (χ4n) is 0.523. The standard InChI is InChI=1S/C5H10F3NO3S/c6-5(7,8)3-12-4-13(10,11)2-1-9/h1-4,9H2. The van der Waals surface area contributed by atoms with Crippen LogP contribution in [0.1, 0.15) is 0 Å². The van der Waals surface area contributed by atoms with Crippen LogP contribution >= 0.6 is 0 Å². The molecule has 0 unspecified atom stereocenters. The molecule has 4 nitrogen and oxygen atoms in total. The molecule has 0 aromatic heterocycles. The summed E-state index contributed by atoms with van der Waals surface area (Å²) >= 11 is 0. The smallest absolute Gasteiger partial charge is 0.356 e. The van der Waals surface area contributed by atoms with Crippen LogP contribution < -0.4 is 5.73 Å². The second kappa shape index (κ2) is 4.77. The maximum absolute atomic E-state index is 11.5. The predicted molar refractivity (Wildman–Crippen MR) is 39.7 cm³/mol. The van der Waals surface area contributed by atoms with Crippen LogP contribution in [0, 0.1) is 0 Å². The molecule has 0 aliphatic rings. The van der Waals surface area contributed by atoms with Gasteiger partial charge in [0.25, 0.3) is 0 Å². The topological polar surface area (TPSA) is 69.4 Å². The Kier molecular flexibility index (Phi) is 4.65. The number of hydrogen-bond acceptors (Lipinski definition) is 4. The second-order valence-electron chi connectivity index (χ2n) is 2.32. The molecule has 0 saturated carbocycles. The van der Waals surface area contributed by atoms with E-state index in [2.05, 4.69) is 4.74 Å². The van der Waals surface area contributed by atoms with E-state index < -0.39 is 28.6 Å². The van der Waals surface area contributed by atoms with Crippen molar-refractivity contribution >= 4 is 9.84 Å². The number of sulfone groups is 1. The van der Waals surface area contributed by atoms with E-state index in [0.29, 0.717) is 0 Å². The van der Waals surface area contributed by atoms with Gasteiger partial charge in [0.15, 0.2) is 9.84 Å². The van der Waals surface area contributed by atoms with Crippen molar-refractivity contribution in [1.82, 2.24) is 0 Å². The van der Waals surface area contributed by atoms with Gasteiger partial charge in [0, 0.05) is 6.54 Å². The van der Waals surface area contributed by atoms with Crippen molar-refractivity contribution in [2.45, 2.75) is 6.18 Å². The van der Waals surface area contributed by atoms with Crippen molar-refractivity contribution in [2.24, 2.45) is 5.73 Å². The molecule has 0 spiro atoms. The summed E-state index contributed by atoms with van der Waals surface area (Å²) < 4.78 is 59.9. The van der Waals surface area contributed by atoms with Gasteiger partial charge in [-0.3, -0.25) is 0 Å². The molecular formula is C5H10F3NO3S. The van der Waals surface area contributed by atoms with Crippen LogP contribution in [-0.4, -0.2) is 39.4 Å². The zero-order valence-corrected chi connectivity index (χ0v) is 7.49. The molecule has 80 valence electrons. The quantitative estimate of drug-likeness (QED) is 0.703. The summed E-state index contributed by atoms with van der Waals surface area (Å²) in [7, 11) is -3.60. The van der Waals surface area contributed by atoms with Gasteiger partial charge in [-0.25, -0.2) is 8.42 Å². The van der Waals surface area contributed by atoms with Gasteiger partial charge in [-0.05, 0) is 0 Å². The zero-order chi connectivity index (χ0) is 10.5. The van der Waals surface area contributed by atoms with E-state index in [9.17, 15) is 21.6 Å². The molecule has 0 atom stereocenters. The van der Waals surface area contributed by atoms with Gasteiger partial charge < -0.3 is 10.5 Å². The summed E-state index contributed by atoms with van der Waals surface area (Å²) in [4.78, 5) is 0. The first-order valence-corrected chi connectivity index (χ1v) is 5.14. The molecule has 2 N–H and O–H groups in total. The van der Waals surface area contributed by atoms with Gasteiger partial charge in [-0.2, -0.15) is 13.2 Å². The Bertz CT molecular complexity index is 236. The van der Waals surface area contributed by atoms with Gasteiger partial charge in [-0.15, -0.1) is 0 Å². The van der Waals surface area contributed by atoms with E-state index in [1.165, 1.54) is 0 Å². The van der Waals surface area contributed by atoms with E-state index in [1.54, 1.807) is 0 Å². The summed E-state index contributed by atoms with van der Waals surface area (Å²) in [6.45, 7) is -1.69. The molecule has 8 heteroatoms. The summed E-state index contributed by atoms with van der Waals surface area (Å²) in [6, 6.07) is 0. The number of rotatable bonds is 5. The fraction of sp³-hybridized carbons (Fsp3) is 1.00. The number of nitrogens with two attached hydrogens (primary N) is 1. The van der Waals surface area contributed by atoms with E-state index >= 15 is 0 Å². The van der Waals surface area contributed by atoms with Crippen molar-refractivity contribution in [1.29, 1.82) is 0 Å². The Morgan fingerprint density at radius 3 is 2.23 bits per heavy atom. The Morgan fingerprint density at radius 1 is 1.31 bits per heavy atom. The van der Waals surface area contributed by atoms with Crippen LogP contribution in [0.5, 0.6) is 0 Å². The van der Waals surface area contributed by atoms with Crippen molar-refractivity contribution in [3.05, 3.63) is 0 Å². The molecule has 0 heterocycles. The molecule has 0 aliphatic heterocycles. The van der Waals surface area contributed by atoms with Crippen LogP contribution in [0.2, 0.25) is 0 Å². The molecule has 0 radical (unpaired) electrons. The number of alkyl halides is 3. The highest BCUT2D eigenvalue weighted by atomic mass is 32.2. The van der Waals surface area contributed by atoms with Crippen molar-refractivity contribution in [3.63, 3.8) is 0 Å². The molecule has 0 saturated heterocycles. The number of halogens is 3. The molecule has 13 heavy (non-hydrogen) atoms. The minimum Gasteiger partial charge on any atom is -0.356 e. The molecule has 0 aromatic rings. The minimum atomic E-state index is -4.50. The van der Waals surface area contributed by atoms with Crippen molar-refractivity contribution in [2.75, 3.05) is 24.8 Å². The highest BCUT2D eigenvalue weighted by molar-refractivity contribution is 7.91. The van der Waals surface area contributed by atoms with Crippen LogP contribution in [0.4, 0.5) is 13.2 Å². The number of ether oxygens (including phenoxy) is 1. The van der Waals surface area contributed by atoms with Gasteiger partial charge in [0.1, 0.15) is 12.5 Å². The Morgan fingerprint density at radius 2 is 1.85 bits per heavy atom. The Labute approximate surface area is 73.8 Å². The second-order valence-corrected chi connectivity index (χ2v) is 4.45. The van der Waals surface area contributed by atoms with Crippen LogP contribution in [-0.2, 0) is 14.6 Å². The highest BCUT2D eigenvalue weighted by Crippen LogP contribution is 2.14. The van der Waals surface area contributed by atoms with Gasteiger partial charge in [-0.1, -0.05) is 0 Å². The monoisotopic (exact) mass is 221 g/mol. The van der Waals surface area contributed by atoms with E-state index in [1.807, 2.05) is 0 Å². The molecule has 0 amide bonds. The summed E-state index contributed by atoms with van der Waals surface area (Å²) in [5.41, 5.74) is 4.92. The third-order valence-electron chi connectivity index (χ3n) is 0.957. The van der Waals surface area contributed by atoms with Gasteiger partial charge >= 0.3 is 6.18 Å². The lowest BCUT2D eigenvalue weighted by Gasteiger charge is -2.07. The minimum absolute atomic E-state index is 0.127. The lowest BCUT2D eigenvalue weighted by molar-refractivity contribution is -0.169. The average molecular weight is 221 g/mol. The molecule has 0 bridgehead atoms. The average Bonchev–Trinajstić information content (AvgIpc) is 1.82. The summed E-state index contributed by atoms with van der Waals surface area (Å²) in [5.74, 6) is -1.31. The predicted octanol–water partition coefficient (Wildman–Crippen LogP) is -0.104. The maximum Gasteiger partial charge on any atom is 0.411 e. The Balaban J connectivity index is 3.77. The molecular weight excluding hydrogens is 211 g/mol. The number of hydrogen-bond donors (Lipinski definition) is 1. The summed E-state index contributed by atoms with van der Waals surface area (Å²) in [5, 5.41) is 0. The molecule has 0 fully saturated rings. The van der Waals surface area contributed by atoms with Gasteiger partial charge in [0.2, 0.25) is 0 Å². The largest absolute Gasteiger partial charge is 0.411 e. The summed E-state index contributed by atoms with van der Waals surface area (Å²) in [6.07, 6.45) is -4.50. The third kappa shape index (κ3) is 8.00. The first-order valence-electron chi connectivity index (χ1n) is 3.32. The van der Waals surface area contributed by atoms with Crippen LogP contribution in [0.25, 0.3) is 0 Å². The Hall–Kier alpha value is -0.340. The van der Waals surface area contributed by atoms with Crippen molar-refractivity contribution < 1.29 is 26.3 Å². The molecule has 0 aliphatic carbocycles.